The highest BCUT2D eigenvalue weighted by Crippen LogP contribution is 2.19. The van der Waals surface area contributed by atoms with Crippen molar-refractivity contribution in [2.45, 2.75) is 24.9 Å². The minimum Gasteiger partial charge on any atom is -0.378 e. The van der Waals surface area contributed by atoms with Gasteiger partial charge in [0.15, 0.2) is 0 Å². The Kier molecular flexibility index (Phi) is 5.49. The van der Waals surface area contributed by atoms with Gasteiger partial charge in [0, 0.05) is 37.3 Å². The molecule has 1 heterocycles. The lowest BCUT2D eigenvalue weighted by Crippen LogP contribution is -2.12. The second-order valence-electron chi connectivity index (χ2n) is 5.51. The molecule has 2 rings (SSSR count). The first-order chi connectivity index (χ1) is 10.4. The van der Waals surface area contributed by atoms with Gasteiger partial charge in [0.1, 0.15) is 0 Å². The molecule has 0 bridgehead atoms. The number of thioether (sulfide) groups is 1. The zero-order valence-corrected chi connectivity index (χ0v) is 14.2. The summed E-state index contributed by atoms with van der Waals surface area (Å²) >= 11 is 1.76. The Morgan fingerprint density at radius 2 is 1.95 bits per heavy atom. The number of hydrogen-bond donors (Lipinski definition) is 2. The zero-order valence-electron chi connectivity index (χ0n) is 13.4. The topological polar surface area (TPSA) is 61.0 Å². The molecule has 6 heteroatoms. The highest BCUT2D eigenvalue weighted by Gasteiger charge is 2.04. The van der Waals surface area contributed by atoms with Crippen molar-refractivity contribution in [1.82, 2.24) is 9.97 Å². The smallest absolute Gasteiger partial charge is 0.252 e. The molecule has 0 saturated heterocycles. The van der Waals surface area contributed by atoms with Crippen LogP contribution in [-0.2, 0) is 5.75 Å². The molecule has 0 spiro atoms. The average Bonchev–Trinajstić information content (AvgIpc) is 2.45. The van der Waals surface area contributed by atoms with Crippen molar-refractivity contribution in [3.05, 3.63) is 46.4 Å². The zero-order chi connectivity index (χ0) is 16.1. The lowest BCUT2D eigenvalue weighted by Gasteiger charge is -2.13. The number of rotatable bonds is 6. The molecule has 2 N–H and O–H groups in total. The molecular weight excluding hydrogens is 296 g/mol. The number of hydrogen-bond acceptors (Lipinski definition) is 5. The number of aromatic nitrogens is 2. The number of nitrogens with one attached hydrogen (secondary N) is 2. The lowest BCUT2D eigenvalue weighted by molar-refractivity contribution is 1.05. The second kappa shape index (κ2) is 7.35. The molecule has 118 valence electrons. The monoisotopic (exact) mass is 318 g/mol. The van der Waals surface area contributed by atoms with Crippen molar-refractivity contribution < 1.29 is 0 Å². The molecule has 1 aromatic heterocycles. The summed E-state index contributed by atoms with van der Waals surface area (Å²) in [5.74, 6) is 1.21. The first kappa shape index (κ1) is 16.4. The van der Waals surface area contributed by atoms with Crippen LogP contribution in [0.1, 0.15) is 19.5 Å². The third kappa shape index (κ3) is 4.80. The van der Waals surface area contributed by atoms with Crippen LogP contribution >= 0.6 is 11.8 Å². The fraction of sp³-hybridized carbons (Fsp3) is 0.375. The Labute approximate surface area is 135 Å². The highest BCUT2D eigenvalue weighted by molar-refractivity contribution is 7.99. The van der Waals surface area contributed by atoms with Crippen molar-refractivity contribution >= 4 is 29.1 Å². The third-order valence-corrected chi connectivity index (χ3v) is 4.13. The van der Waals surface area contributed by atoms with Gasteiger partial charge in [-0.05, 0) is 29.5 Å². The van der Waals surface area contributed by atoms with Crippen molar-refractivity contribution in [3.63, 3.8) is 0 Å². The maximum absolute atomic E-state index is 11.7. The predicted molar refractivity (Wildman–Crippen MR) is 95.3 cm³/mol. The van der Waals surface area contributed by atoms with Gasteiger partial charge in [-0.3, -0.25) is 9.78 Å². The van der Waals surface area contributed by atoms with Gasteiger partial charge in [0.05, 0.1) is 5.69 Å². The molecule has 0 radical (unpaired) electrons. The molecule has 0 atom stereocenters. The lowest BCUT2D eigenvalue weighted by atomic mass is 10.2. The van der Waals surface area contributed by atoms with E-state index in [1.54, 1.807) is 17.8 Å². The number of nitrogens with zero attached hydrogens (tertiary/aromatic N) is 2. The Morgan fingerprint density at radius 1 is 1.27 bits per heavy atom. The van der Waals surface area contributed by atoms with E-state index in [9.17, 15) is 4.79 Å². The molecule has 2 aromatic rings. The van der Waals surface area contributed by atoms with Gasteiger partial charge < -0.3 is 10.2 Å². The van der Waals surface area contributed by atoms with E-state index in [1.165, 1.54) is 0 Å². The van der Waals surface area contributed by atoms with Crippen LogP contribution < -0.4 is 15.8 Å². The Bertz CT molecular complexity index is 665. The molecule has 0 aliphatic carbocycles. The van der Waals surface area contributed by atoms with E-state index in [-0.39, 0.29) is 5.56 Å². The van der Waals surface area contributed by atoms with Crippen LogP contribution in [0.15, 0.2) is 35.1 Å². The first-order valence-electron chi connectivity index (χ1n) is 7.20. The molecule has 22 heavy (non-hydrogen) atoms. The van der Waals surface area contributed by atoms with Gasteiger partial charge in [-0.2, -0.15) is 11.8 Å². The van der Waals surface area contributed by atoms with Crippen LogP contribution in [0.25, 0.3) is 0 Å². The highest BCUT2D eigenvalue weighted by atomic mass is 32.2. The van der Waals surface area contributed by atoms with Crippen LogP contribution in [-0.4, -0.2) is 29.3 Å². The van der Waals surface area contributed by atoms with Crippen molar-refractivity contribution in [3.8, 4) is 0 Å². The summed E-state index contributed by atoms with van der Waals surface area (Å²) in [6.45, 7) is 4.26. The van der Waals surface area contributed by atoms with E-state index in [0.29, 0.717) is 11.2 Å². The second-order valence-corrected chi connectivity index (χ2v) is 7.08. The summed E-state index contributed by atoms with van der Waals surface area (Å²) in [6.07, 6.45) is 0. The molecule has 0 fully saturated rings. The minimum absolute atomic E-state index is 0.137. The fourth-order valence-electron chi connectivity index (χ4n) is 1.87. The number of aromatic amines is 1. The Hall–Kier alpha value is -1.95. The summed E-state index contributed by atoms with van der Waals surface area (Å²) in [4.78, 5) is 21.0. The van der Waals surface area contributed by atoms with E-state index in [0.717, 1.165) is 22.8 Å². The average molecular weight is 318 g/mol. The van der Waals surface area contributed by atoms with Crippen molar-refractivity contribution in [2.75, 3.05) is 24.3 Å². The van der Waals surface area contributed by atoms with Crippen molar-refractivity contribution in [2.24, 2.45) is 0 Å². The van der Waals surface area contributed by atoms with Gasteiger partial charge in [0.25, 0.3) is 5.56 Å². The minimum atomic E-state index is -0.137. The van der Waals surface area contributed by atoms with Gasteiger partial charge in [-0.1, -0.05) is 13.8 Å². The number of benzene rings is 1. The van der Waals surface area contributed by atoms with Gasteiger partial charge in [-0.25, -0.2) is 4.98 Å². The van der Waals surface area contributed by atoms with Crippen LogP contribution in [0.3, 0.4) is 0 Å². The Balaban J connectivity index is 2.13. The van der Waals surface area contributed by atoms with Gasteiger partial charge in [-0.15, -0.1) is 0 Å². The quantitative estimate of drug-likeness (QED) is 0.856. The fourth-order valence-corrected chi connectivity index (χ4v) is 2.52. The van der Waals surface area contributed by atoms with Crippen LogP contribution in [0.2, 0.25) is 0 Å². The van der Waals surface area contributed by atoms with Gasteiger partial charge in [0.2, 0.25) is 5.95 Å². The van der Waals surface area contributed by atoms with E-state index in [1.807, 2.05) is 43.3 Å². The largest absolute Gasteiger partial charge is 0.378 e. The van der Waals surface area contributed by atoms with Crippen LogP contribution in [0.5, 0.6) is 0 Å². The maximum Gasteiger partial charge on any atom is 0.252 e. The SMILES string of the molecule is CC(C)SCc1cc(=O)[nH]c(Nc2ccc(N(C)C)cc2)n1. The summed E-state index contributed by atoms with van der Waals surface area (Å²) in [7, 11) is 3.99. The van der Waals surface area contributed by atoms with Gasteiger partial charge >= 0.3 is 0 Å². The summed E-state index contributed by atoms with van der Waals surface area (Å²) in [5.41, 5.74) is 2.66. The van der Waals surface area contributed by atoms with Crippen molar-refractivity contribution in [1.29, 1.82) is 0 Å². The number of anilines is 3. The maximum atomic E-state index is 11.7. The molecule has 0 unspecified atom stereocenters. The summed E-state index contributed by atoms with van der Waals surface area (Å²) < 4.78 is 0. The summed E-state index contributed by atoms with van der Waals surface area (Å²) in [6, 6.07) is 9.50. The normalized spacial score (nSPS) is 10.8. The molecule has 0 aliphatic heterocycles. The van der Waals surface area contributed by atoms with Crippen LogP contribution in [0.4, 0.5) is 17.3 Å². The molecule has 0 saturated carbocycles. The molecular formula is C16H22N4OS. The third-order valence-electron chi connectivity index (χ3n) is 3.01. The van der Waals surface area contributed by atoms with E-state index < -0.39 is 0 Å². The molecule has 5 nitrogen and oxygen atoms in total. The predicted octanol–water partition coefficient (Wildman–Crippen LogP) is 3.22. The molecule has 0 amide bonds. The van der Waals surface area contributed by atoms with Crippen LogP contribution in [0, 0.1) is 0 Å². The molecule has 0 aliphatic rings. The molecule has 1 aromatic carbocycles. The summed E-state index contributed by atoms with van der Waals surface area (Å²) in [5, 5.41) is 3.65. The van der Waals surface area contributed by atoms with E-state index in [2.05, 4.69) is 29.1 Å². The standard InChI is InChI=1S/C16H22N4OS/c1-11(2)22-10-13-9-15(21)19-16(18-13)17-12-5-7-14(8-6-12)20(3)4/h5-9,11H,10H2,1-4H3,(H2,17,18,19,21). The van der Waals surface area contributed by atoms with E-state index >= 15 is 0 Å². The first-order valence-corrected chi connectivity index (χ1v) is 8.25. The Morgan fingerprint density at radius 3 is 2.55 bits per heavy atom. The van der Waals surface area contributed by atoms with E-state index in [4.69, 9.17) is 0 Å². The number of H-pyrrole nitrogens is 1.